The molecule has 0 radical (unpaired) electrons. The lowest BCUT2D eigenvalue weighted by molar-refractivity contribution is -0.0846. The van der Waals surface area contributed by atoms with Crippen LogP contribution in [0.2, 0.25) is 0 Å². The van der Waals surface area contributed by atoms with Crippen LogP contribution in [-0.4, -0.2) is 17.3 Å². The van der Waals surface area contributed by atoms with E-state index in [1.165, 1.54) is 5.56 Å². The molecule has 1 fully saturated rings. The zero-order valence-corrected chi connectivity index (χ0v) is 12.1. The van der Waals surface area contributed by atoms with Gasteiger partial charge in [0, 0.05) is 6.42 Å². The highest BCUT2D eigenvalue weighted by atomic mass is 16.6. The van der Waals surface area contributed by atoms with E-state index in [1.54, 1.807) is 0 Å². The minimum absolute atomic E-state index is 0.0997. The average Bonchev–Trinajstić information content (AvgIpc) is 2.48. The van der Waals surface area contributed by atoms with Crippen LogP contribution in [0.15, 0.2) is 24.3 Å². The van der Waals surface area contributed by atoms with Crippen LogP contribution in [-0.2, 0) is 11.2 Å². The highest BCUT2D eigenvalue weighted by Gasteiger charge is 2.47. The summed E-state index contributed by atoms with van der Waals surface area (Å²) in [6.45, 7) is 10.6. The summed E-state index contributed by atoms with van der Waals surface area (Å²) in [7, 11) is 0. The van der Waals surface area contributed by atoms with Crippen LogP contribution in [0.4, 0.5) is 0 Å². The summed E-state index contributed by atoms with van der Waals surface area (Å²) in [6.07, 6.45) is 2.10. The molecule has 0 bridgehead atoms. The van der Waals surface area contributed by atoms with Crippen molar-refractivity contribution in [1.82, 2.24) is 0 Å². The first-order chi connectivity index (χ1) is 8.32. The maximum Gasteiger partial charge on any atom is 0.130 e. The molecule has 2 heteroatoms. The van der Waals surface area contributed by atoms with E-state index in [-0.39, 0.29) is 17.3 Å². The maximum absolute atomic E-state index is 6.10. The summed E-state index contributed by atoms with van der Waals surface area (Å²) in [5, 5.41) is 0. The lowest BCUT2D eigenvalue weighted by atomic mass is 9.97. The first-order valence-corrected chi connectivity index (χ1v) is 6.78. The third-order valence-electron chi connectivity index (χ3n) is 3.60. The Morgan fingerprint density at radius 2 is 1.78 bits per heavy atom. The number of rotatable bonds is 3. The van der Waals surface area contributed by atoms with Crippen LogP contribution in [0.5, 0.6) is 5.75 Å². The van der Waals surface area contributed by atoms with Gasteiger partial charge >= 0.3 is 0 Å². The zero-order valence-electron chi connectivity index (χ0n) is 12.1. The molecule has 1 saturated heterocycles. The van der Waals surface area contributed by atoms with E-state index in [9.17, 15) is 0 Å². The molecule has 0 spiro atoms. The summed E-state index contributed by atoms with van der Waals surface area (Å²) in [6, 6.07) is 8.37. The van der Waals surface area contributed by atoms with Gasteiger partial charge in [0.25, 0.3) is 0 Å². The summed E-state index contributed by atoms with van der Waals surface area (Å²) in [5.74, 6) is 0.937. The van der Waals surface area contributed by atoms with Gasteiger partial charge in [-0.1, -0.05) is 19.1 Å². The molecule has 18 heavy (non-hydrogen) atoms. The van der Waals surface area contributed by atoms with Crippen molar-refractivity contribution in [3.05, 3.63) is 29.8 Å². The van der Waals surface area contributed by atoms with Gasteiger partial charge in [-0.3, -0.25) is 0 Å². The van der Waals surface area contributed by atoms with Gasteiger partial charge in [-0.2, -0.15) is 0 Å². The van der Waals surface area contributed by atoms with Crippen molar-refractivity contribution in [1.29, 1.82) is 0 Å². The van der Waals surface area contributed by atoms with Gasteiger partial charge in [0.2, 0.25) is 0 Å². The molecule has 1 unspecified atom stereocenters. The topological polar surface area (TPSA) is 18.5 Å². The number of ether oxygens (including phenoxy) is 2. The normalized spacial score (nSPS) is 25.1. The Kier molecular flexibility index (Phi) is 3.41. The van der Waals surface area contributed by atoms with Gasteiger partial charge in [0.15, 0.2) is 0 Å². The van der Waals surface area contributed by atoms with Crippen molar-refractivity contribution >= 4 is 0 Å². The number of hydrogen-bond donors (Lipinski definition) is 0. The summed E-state index contributed by atoms with van der Waals surface area (Å²) < 4.78 is 12.1. The predicted molar refractivity (Wildman–Crippen MR) is 74.1 cm³/mol. The maximum atomic E-state index is 6.10. The fourth-order valence-electron chi connectivity index (χ4n) is 2.66. The highest BCUT2D eigenvalue weighted by molar-refractivity contribution is 5.27. The van der Waals surface area contributed by atoms with E-state index in [1.807, 2.05) is 0 Å². The Morgan fingerprint density at radius 3 is 2.22 bits per heavy atom. The first-order valence-electron chi connectivity index (χ1n) is 6.78. The zero-order chi connectivity index (χ0) is 13.4. The Hall–Kier alpha value is -1.02. The number of aryl methyl sites for hydroxylation is 1. The molecule has 0 aromatic heterocycles. The third-order valence-corrected chi connectivity index (χ3v) is 3.60. The smallest absolute Gasteiger partial charge is 0.130 e. The van der Waals surface area contributed by atoms with Crippen LogP contribution in [0.1, 0.15) is 46.6 Å². The Bertz CT molecular complexity index is 404. The summed E-state index contributed by atoms with van der Waals surface area (Å²) >= 11 is 0. The van der Waals surface area contributed by atoms with E-state index in [0.717, 1.165) is 18.6 Å². The highest BCUT2D eigenvalue weighted by Crippen LogP contribution is 2.39. The minimum atomic E-state index is -0.229. The van der Waals surface area contributed by atoms with Crippen molar-refractivity contribution in [3.63, 3.8) is 0 Å². The van der Waals surface area contributed by atoms with Gasteiger partial charge < -0.3 is 9.47 Å². The lowest BCUT2D eigenvalue weighted by Crippen LogP contribution is -2.36. The fourth-order valence-corrected chi connectivity index (χ4v) is 2.66. The van der Waals surface area contributed by atoms with Crippen molar-refractivity contribution in [2.45, 2.75) is 64.8 Å². The Balaban J connectivity index is 2.09. The molecule has 1 aliphatic heterocycles. The fraction of sp³-hybridized carbons (Fsp3) is 0.625. The van der Waals surface area contributed by atoms with Crippen molar-refractivity contribution in [2.24, 2.45) is 0 Å². The molecule has 1 aromatic carbocycles. The largest absolute Gasteiger partial charge is 0.487 e. The Labute approximate surface area is 110 Å². The standard InChI is InChI=1S/C16H24O2/c1-6-12-7-9-13(10-8-12)17-14-11-15(2,3)18-16(14,4)5/h7-10,14H,6,11H2,1-5H3. The second-order valence-corrected chi connectivity index (χ2v) is 6.27. The quantitative estimate of drug-likeness (QED) is 0.805. The molecular weight excluding hydrogens is 224 g/mol. The molecule has 2 nitrogen and oxygen atoms in total. The number of benzene rings is 1. The predicted octanol–water partition coefficient (Wildman–Crippen LogP) is 3.97. The van der Waals surface area contributed by atoms with E-state index in [2.05, 4.69) is 58.9 Å². The molecule has 0 amide bonds. The molecule has 0 saturated carbocycles. The third kappa shape index (κ3) is 2.86. The average molecular weight is 248 g/mol. The van der Waals surface area contributed by atoms with Crippen LogP contribution >= 0.6 is 0 Å². The van der Waals surface area contributed by atoms with E-state index in [4.69, 9.17) is 9.47 Å². The van der Waals surface area contributed by atoms with Crippen molar-refractivity contribution in [3.8, 4) is 5.75 Å². The second kappa shape index (κ2) is 4.58. The summed E-state index contributed by atoms with van der Waals surface area (Å²) in [4.78, 5) is 0. The monoisotopic (exact) mass is 248 g/mol. The van der Waals surface area contributed by atoms with Gasteiger partial charge in [0.05, 0.1) is 5.60 Å². The summed E-state index contributed by atoms with van der Waals surface area (Å²) in [5.41, 5.74) is 1.01. The molecule has 0 N–H and O–H groups in total. The van der Waals surface area contributed by atoms with Crippen LogP contribution in [0, 0.1) is 0 Å². The lowest BCUT2D eigenvalue weighted by Gasteiger charge is -2.27. The first kappa shape index (κ1) is 13.4. The molecule has 100 valence electrons. The van der Waals surface area contributed by atoms with Crippen molar-refractivity contribution < 1.29 is 9.47 Å². The van der Waals surface area contributed by atoms with E-state index in [0.29, 0.717) is 0 Å². The SMILES string of the molecule is CCc1ccc(OC2CC(C)(C)OC2(C)C)cc1. The van der Waals surface area contributed by atoms with Crippen molar-refractivity contribution in [2.75, 3.05) is 0 Å². The molecule has 1 atom stereocenters. The molecule has 1 aliphatic rings. The second-order valence-electron chi connectivity index (χ2n) is 6.27. The van der Waals surface area contributed by atoms with Gasteiger partial charge in [-0.15, -0.1) is 0 Å². The van der Waals surface area contributed by atoms with Crippen LogP contribution in [0.3, 0.4) is 0 Å². The molecule has 1 aromatic rings. The van der Waals surface area contributed by atoms with Crippen LogP contribution < -0.4 is 4.74 Å². The molecular formula is C16H24O2. The molecule has 0 aliphatic carbocycles. The molecule has 2 rings (SSSR count). The van der Waals surface area contributed by atoms with Crippen LogP contribution in [0.25, 0.3) is 0 Å². The van der Waals surface area contributed by atoms with E-state index < -0.39 is 0 Å². The molecule has 1 heterocycles. The van der Waals surface area contributed by atoms with E-state index >= 15 is 0 Å². The Morgan fingerprint density at radius 1 is 1.17 bits per heavy atom. The minimum Gasteiger partial charge on any atom is -0.487 e. The van der Waals surface area contributed by atoms with Gasteiger partial charge in [-0.25, -0.2) is 0 Å². The van der Waals surface area contributed by atoms with Gasteiger partial charge in [-0.05, 0) is 51.8 Å². The number of hydrogen-bond acceptors (Lipinski definition) is 2. The van der Waals surface area contributed by atoms with Gasteiger partial charge in [0.1, 0.15) is 17.5 Å².